The Labute approximate surface area is 94.9 Å². The summed E-state index contributed by atoms with van der Waals surface area (Å²) in [6.45, 7) is 3.71. The molecule has 0 spiro atoms. The Balaban J connectivity index is 2.10. The molecule has 0 radical (unpaired) electrons. The number of rotatable bonds is 2. The molecule has 0 unspecified atom stereocenters. The zero-order valence-electron chi connectivity index (χ0n) is 9.49. The Morgan fingerprint density at radius 3 is 2.81 bits per heavy atom. The second kappa shape index (κ2) is 3.76. The van der Waals surface area contributed by atoms with Crippen molar-refractivity contribution >= 4 is 5.82 Å². The number of hydrogen-bond donors (Lipinski definition) is 2. The molecule has 1 fully saturated rings. The van der Waals surface area contributed by atoms with Gasteiger partial charge in [0.1, 0.15) is 11.9 Å². The third-order valence-corrected chi connectivity index (χ3v) is 2.87. The molecule has 1 heterocycles. The third-order valence-electron chi connectivity index (χ3n) is 2.87. The van der Waals surface area contributed by atoms with Crippen molar-refractivity contribution in [3.8, 4) is 6.07 Å². The third kappa shape index (κ3) is 2.15. The standard InChI is InChI=1S/C12H15N3O/c1-8-3-4-9(7-13)11(14-8)15-10-5-12(2,16)6-10/h3-4,10,16H,5-6H2,1-2H3,(H,14,15). The summed E-state index contributed by atoms with van der Waals surface area (Å²) in [5.41, 5.74) is 0.874. The lowest BCUT2D eigenvalue weighted by Crippen LogP contribution is -2.48. The molecule has 2 N–H and O–H groups in total. The number of pyridine rings is 1. The van der Waals surface area contributed by atoms with Crippen LogP contribution in [0.2, 0.25) is 0 Å². The van der Waals surface area contributed by atoms with Crippen LogP contribution in [0.3, 0.4) is 0 Å². The first kappa shape index (κ1) is 10.9. The van der Waals surface area contributed by atoms with Gasteiger partial charge in [-0.25, -0.2) is 4.98 Å². The van der Waals surface area contributed by atoms with Crippen molar-refractivity contribution in [2.45, 2.75) is 38.3 Å². The van der Waals surface area contributed by atoms with Crippen molar-refractivity contribution in [3.63, 3.8) is 0 Å². The number of aliphatic hydroxyl groups is 1. The Kier molecular flexibility index (Phi) is 2.56. The molecule has 1 aromatic heterocycles. The summed E-state index contributed by atoms with van der Waals surface area (Å²) in [6.07, 6.45) is 1.40. The molecule has 16 heavy (non-hydrogen) atoms. The van der Waals surface area contributed by atoms with E-state index in [0.29, 0.717) is 24.2 Å². The van der Waals surface area contributed by atoms with Gasteiger partial charge in [-0.1, -0.05) is 0 Å². The summed E-state index contributed by atoms with van der Waals surface area (Å²) in [6, 6.07) is 5.91. The fraction of sp³-hybridized carbons (Fsp3) is 0.500. The maximum absolute atomic E-state index is 9.62. The monoisotopic (exact) mass is 217 g/mol. The minimum absolute atomic E-state index is 0.219. The predicted molar refractivity (Wildman–Crippen MR) is 61.0 cm³/mol. The van der Waals surface area contributed by atoms with E-state index in [0.717, 1.165) is 5.69 Å². The van der Waals surface area contributed by atoms with E-state index < -0.39 is 5.60 Å². The van der Waals surface area contributed by atoms with E-state index in [-0.39, 0.29) is 6.04 Å². The van der Waals surface area contributed by atoms with Gasteiger partial charge in [0.05, 0.1) is 11.2 Å². The molecule has 1 aliphatic carbocycles. The van der Waals surface area contributed by atoms with Crippen LogP contribution in [0.5, 0.6) is 0 Å². The fourth-order valence-electron chi connectivity index (χ4n) is 2.05. The van der Waals surface area contributed by atoms with E-state index in [2.05, 4.69) is 16.4 Å². The van der Waals surface area contributed by atoms with Crippen LogP contribution in [0, 0.1) is 18.3 Å². The molecule has 2 rings (SSSR count). The summed E-state index contributed by atoms with van der Waals surface area (Å²) < 4.78 is 0. The lowest BCUT2D eigenvalue weighted by molar-refractivity contribution is -0.0235. The predicted octanol–water partition coefficient (Wildman–Crippen LogP) is 1.59. The Morgan fingerprint density at radius 1 is 1.56 bits per heavy atom. The zero-order chi connectivity index (χ0) is 11.8. The first-order chi connectivity index (χ1) is 7.50. The second-order valence-corrected chi connectivity index (χ2v) is 4.71. The van der Waals surface area contributed by atoms with Gasteiger partial charge in [0.15, 0.2) is 0 Å². The molecule has 1 aromatic rings. The minimum atomic E-state index is -0.561. The summed E-state index contributed by atoms with van der Waals surface area (Å²) in [7, 11) is 0. The molecule has 0 aromatic carbocycles. The molecule has 0 saturated heterocycles. The van der Waals surface area contributed by atoms with Crippen molar-refractivity contribution in [1.29, 1.82) is 5.26 Å². The van der Waals surface area contributed by atoms with Gasteiger partial charge in [0.25, 0.3) is 0 Å². The Bertz CT molecular complexity index is 440. The maximum atomic E-state index is 9.62. The van der Waals surface area contributed by atoms with Crippen LogP contribution in [-0.2, 0) is 0 Å². The summed E-state index contributed by atoms with van der Waals surface area (Å²) in [5, 5.41) is 21.8. The quantitative estimate of drug-likeness (QED) is 0.789. The van der Waals surface area contributed by atoms with E-state index in [1.807, 2.05) is 19.9 Å². The van der Waals surface area contributed by atoms with E-state index in [1.54, 1.807) is 6.07 Å². The Hall–Kier alpha value is -1.60. The van der Waals surface area contributed by atoms with Crippen LogP contribution in [-0.4, -0.2) is 21.7 Å². The van der Waals surface area contributed by atoms with E-state index in [4.69, 9.17) is 5.26 Å². The summed E-state index contributed by atoms with van der Waals surface area (Å²) >= 11 is 0. The fourth-order valence-corrected chi connectivity index (χ4v) is 2.05. The highest BCUT2D eigenvalue weighted by molar-refractivity contribution is 5.53. The largest absolute Gasteiger partial charge is 0.390 e. The van der Waals surface area contributed by atoms with E-state index >= 15 is 0 Å². The Morgan fingerprint density at radius 2 is 2.25 bits per heavy atom. The van der Waals surface area contributed by atoms with Crippen molar-refractivity contribution in [1.82, 2.24) is 4.98 Å². The lowest BCUT2D eigenvalue weighted by atomic mass is 9.77. The normalized spacial score (nSPS) is 28.0. The number of nitriles is 1. The molecular formula is C12H15N3O. The average Bonchev–Trinajstić information content (AvgIpc) is 2.15. The van der Waals surface area contributed by atoms with Crippen molar-refractivity contribution < 1.29 is 5.11 Å². The van der Waals surface area contributed by atoms with Gasteiger partial charge in [-0.15, -0.1) is 0 Å². The molecule has 0 bridgehead atoms. The number of anilines is 1. The van der Waals surface area contributed by atoms with Gasteiger partial charge < -0.3 is 10.4 Å². The van der Waals surface area contributed by atoms with Gasteiger partial charge in [-0.05, 0) is 38.8 Å². The van der Waals surface area contributed by atoms with Gasteiger partial charge in [0, 0.05) is 11.7 Å². The molecular weight excluding hydrogens is 202 g/mol. The number of hydrogen-bond acceptors (Lipinski definition) is 4. The van der Waals surface area contributed by atoms with Crippen LogP contribution in [0.25, 0.3) is 0 Å². The van der Waals surface area contributed by atoms with Crippen LogP contribution >= 0.6 is 0 Å². The summed E-state index contributed by atoms with van der Waals surface area (Å²) in [5.74, 6) is 0.628. The van der Waals surface area contributed by atoms with Gasteiger partial charge >= 0.3 is 0 Å². The maximum Gasteiger partial charge on any atom is 0.144 e. The number of aromatic nitrogens is 1. The van der Waals surface area contributed by atoms with Crippen molar-refractivity contribution in [3.05, 3.63) is 23.4 Å². The topological polar surface area (TPSA) is 68.9 Å². The number of nitrogens with zero attached hydrogens (tertiary/aromatic N) is 2. The smallest absolute Gasteiger partial charge is 0.144 e. The van der Waals surface area contributed by atoms with Gasteiger partial charge in [-0.2, -0.15) is 5.26 Å². The molecule has 4 nitrogen and oxygen atoms in total. The van der Waals surface area contributed by atoms with E-state index in [9.17, 15) is 5.11 Å². The lowest BCUT2D eigenvalue weighted by Gasteiger charge is -2.41. The second-order valence-electron chi connectivity index (χ2n) is 4.71. The zero-order valence-corrected chi connectivity index (χ0v) is 9.49. The SMILES string of the molecule is Cc1ccc(C#N)c(NC2CC(C)(O)C2)n1. The van der Waals surface area contributed by atoms with Crippen molar-refractivity contribution in [2.24, 2.45) is 0 Å². The van der Waals surface area contributed by atoms with E-state index in [1.165, 1.54) is 0 Å². The van der Waals surface area contributed by atoms with Gasteiger partial charge in [0.2, 0.25) is 0 Å². The van der Waals surface area contributed by atoms with Crippen LogP contribution in [0.1, 0.15) is 31.0 Å². The highest BCUT2D eigenvalue weighted by atomic mass is 16.3. The molecule has 0 amide bonds. The van der Waals surface area contributed by atoms with Crippen LogP contribution in [0.4, 0.5) is 5.82 Å². The highest BCUT2D eigenvalue weighted by Crippen LogP contribution is 2.33. The average molecular weight is 217 g/mol. The van der Waals surface area contributed by atoms with Crippen LogP contribution in [0.15, 0.2) is 12.1 Å². The summed E-state index contributed by atoms with van der Waals surface area (Å²) in [4.78, 5) is 4.30. The minimum Gasteiger partial charge on any atom is -0.390 e. The van der Waals surface area contributed by atoms with Crippen LogP contribution < -0.4 is 5.32 Å². The first-order valence-electron chi connectivity index (χ1n) is 5.37. The first-order valence-corrected chi connectivity index (χ1v) is 5.37. The number of nitrogens with one attached hydrogen (secondary N) is 1. The molecule has 84 valence electrons. The number of aryl methyl sites for hydroxylation is 1. The molecule has 4 heteroatoms. The molecule has 1 saturated carbocycles. The van der Waals surface area contributed by atoms with Crippen molar-refractivity contribution in [2.75, 3.05) is 5.32 Å². The molecule has 0 aliphatic heterocycles. The molecule has 0 atom stereocenters. The highest BCUT2D eigenvalue weighted by Gasteiger charge is 2.38. The van der Waals surface area contributed by atoms with Gasteiger partial charge in [-0.3, -0.25) is 0 Å². The molecule has 1 aliphatic rings.